The first-order valence-corrected chi connectivity index (χ1v) is 9.90. The fraction of sp³-hybridized carbons (Fsp3) is 0.0769. The predicted molar refractivity (Wildman–Crippen MR) is 122 cm³/mol. The normalized spacial score (nSPS) is 12.3. The number of carbonyl (C=O) groups is 1. The summed E-state index contributed by atoms with van der Waals surface area (Å²) in [6.45, 7) is 2.17. The van der Waals surface area contributed by atoms with E-state index in [1.165, 1.54) is 11.1 Å². The van der Waals surface area contributed by atoms with Gasteiger partial charge in [0.15, 0.2) is 0 Å². The number of aromatic amines is 1. The van der Waals surface area contributed by atoms with E-state index in [0.717, 1.165) is 45.7 Å². The number of carboxylic acids is 1. The summed E-state index contributed by atoms with van der Waals surface area (Å²) in [5.41, 5.74) is 7.63. The van der Waals surface area contributed by atoms with Gasteiger partial charge in [0.1, 0.15) is 0 Å². The van der Waals surface area contributed by atoms with Crippen molar-refractivity contribution in [3.05, 3.63) is 107 Å². The van der Waals surface area contributed by atoms with E-state index in [9.17, 15) is 4.79 Å². The molecule has 30 heavy (non-hydrogen) atoms. The topological polar surface area (TPSA) is 66.0 Å². The lowest BCUT2D eigenvalue weighted by Crippen LogP contribution is -1.96. The maximum atomic E-state index is 10.8. The Morgan fingerprint density at radius 1 is 0.967 bits per heavy atom. The highest BCUT2D eigenvalue weighted by atomic mass is 16.4. The van der Waals surface area contributed by atoms with Crippen molar-refractivity contribution in [2.45, 2.75) is 13.3 Å². The summed E-state index contributed by atoms with van der Waals surface area (Å²) in [5.74, 6) is -0.955. The van der Waals surface area contributed by atoms with Gasteiger partial charge in [-0.25, -0.2) is 4.79 Å². The number of benzene rings is 3. The van der Waals surface area contributed by atoms with Gasteiger partial charge >= 0.3 is 5.97 Å². The fourth-order valence-electron chi connectivity index (χ4n) is 3.77. The molecular weight excluding hydrogens is 372 g/mol. The average molecular weight is 394 g/mol. The molecule has 0 saturated carbocycles. The molecule has 0 radical (unpaired) electrons. The molecule has 0 bridgehead atoms. The Balaban J connectivity index is 1.94. The minimum Gasteiger partial charge on any atom is -0.478 e. The van der Waals surface area contributed by atoms with Crippen LogP contribution in [0.2, 0.25) is 0 Å². The third-order valence-electron chi connectivity index (χ3n) is 5.15. The number of carboxylic acid groups (broad SMARTS) is 1. The van der Waals surface area contributed by atoms with Crippen LogP contribution in [0.3, 0.4) is 0 Å². The summed E-state index contributed by atoms with van der Waals surface area (Å²) in [6.07, 6.45) is 5.49. The Labute approximate surface area is 175 Å². The number of nitrogens with zero attached hydrogens (tertiary/aromatic N) is 1. The van der Waals surface area contributed by atoms with Crippen molar-refractivity contribution in [1.82, 2.24) is 10.2 Å². The molecule has 0 atom stereocenters. The van der Waals surface area contributed by atoms with Gasteiger partial charge in [-0.1, -0.05) is 73.7 Å². The number of hydrogen-bond donors (Lipinski definition) is 2. The van der Waals surface area contributed by atoms with Crippen LogP contribution < -0.4 is 0 Å². The van der Waals surface area contributed by atoms with Crippen LogP contribution >= 0.6 is 0 Å². The number of hydrogen-bond acceptors (Lipinski definition) is 2. The minimum absolute atomic E-state index is 0.847. The summed E-state index contributed by atoms with van der Waals surface area (Å²) >= 11 is 0. The Kier molecular flexibility index (Phi) is 5.57. The Bertz CT molecular complexity index is 1230. The average Bonchev–Trinajstić information content (AvgIpc) is 3.26. The minimum atomic E-state index is -0.955. The van der Waals surface area contributed by atoms with E-state index in [2.05, 4.69) is 47.5 Å². The lowest BCUT2D eigenvalue weighted by atomic mass is 9.86. The van der Waals surface area contributed by atoms with Gasteiger partial charge in [0.25, 0.3) is 0 Å². The van der Waals surface area contributed by atoms with Crippen molar-refractivity contribution in [2.24, 2.45) is 0 Å². The molecule has 0 aliphatic rings. The summed E-state index contributed by atoms with van der Waals surface area (Å²) in [4.78, 5) is 10.8. The number of nitrogens with one attached hydrogen (secondary N) is 1. The highest BCUT2D eigenvalue weighted by molar-refractivity contribution is 6.05. The second kappa shape index (κ2) is 8.62. The van der Waals surface area contributed by atoms with Gasteiger partial charge in [0.05, 0.1) is 11.7 Å². The van der Waals surface area contributed by atoms with E-state index in [4.69, 9.17) is 5.11 Å². The van der Waals surface area contributed by atoms with Crippen LogP contribution in [0.15, 0.2) is 85.1 Å². The molecular formula is C26H22N2O2. The summed E-state index contributed by atoms with van der Waals surface area (Å²) in [5, 5.41) is 17.2. The third kappa shape index (κ3) is 3.94. The smallest absolute Gasteiger partial charge is 0.328 e. The fourth-order valence-corrected chi connectivity index (χ4v) is 3.77. The molecule has 3 aromatic carbocycles. The highest BCUT2D eigenvalue weighted by Gasteiger charge is 2.16. The van der Waals surface area contributed by atoms with Crippen LogP contribution in [0.25, 0.3) is 28.1 Å². The molecule has 4 nitrogen and oxygen atoms in total. The highest BCUT2D eigenvalue weighted by Crippen LogP contribution is 2.37. The SMILES string of the molecule is CCC(=C(c1ccc(C=CC(=O)O)cc1)c1cccc2[nH]ncc12)c1ccccc1. The van der Waals surface area contributed by atoms with Crippen molar-refractivity contribution in [1.29, 1.82) is 0 Å². The van der Waals surface area contributed by atoms with E-state index in [1.807, 2.05) is 48.7 Å². The second-order valence-corrected chi connectivity index (χ2v) is 7.00. The Morgan fingerprint density at radius 3 is 2.43 bits per heavy atom. The van der Waals surface area contributed by atoms with E-state index in [1.54, 1.807) is 6.08 Å². The zero-order chi connectivity index (χ0) is 20.9. The zero-order valence-electron chi connectivity index (χ0n) is 16.7. The molecule has 4 rings (SSSR count). The van der Waals surface area contributed by atoms with E-state index < -0.39 is 5.97 Å². The molecule has 4 aromatic rings. The molecule has 0 aliphatic heterocycles. The number of H-pyrrole nitrogens is 1. The number of allylic oxidation sites excluding steroid dienone is 1. The third-order valence-corrected chi connectivity index (χ3v) is 5.15. The molecule has 0 spiro atoms. The number of aliphatic carboxylic acids is 1. The first kappa shape index (κ1) is 19.4. The van der Waals surface area contributed by atoms with Gasteiger partial charge in [-0.3, -0.25) is 5.10 Å². The molecule has 0 unspecified atom stereocenters. The number of fused-ring (bicyclic) bond motifs is 1. The summed E-state index contributed by atoms with van der Waals surface area (Å²) in [7, 11) is 0. The molecule has 1 aromatic heterocycles. The molecule has 0 fully saturated rings. The molecule has 2 N–H and O–H groups in total. The molecule has 0 amide bonds. The van der Waals surface area contributed by atoms with Crippen molar-refractivity contribution in [3.8, 4) is 0 Å². The van der Waals surface area contributed by atoms with Crippen LogP contribution in [0.1, 0.15) is 35.6 Å². The van der Waals surface area contributed by atoms with Crippen LogP contribution in [-0.4, -0.2) is 21.3 Å². The van der Waals surface area contributed by atoms with Gasteiger partial charge in [-0.05, 0) is 52.0 Å². The lowest BCUT2D eigenvalue weighted by Gasteiger charge is -2.17. The molecule has 0 aliphatic carbocycles. The molecule has 0 saturated heterocycles. The quantitative estimate of drug-likeness (QED) is 0.310. The van der Waals surface area contributed by atoms with Crippen LogP contribution in [0, 0.1) is 0 Å². The zero-order valence-corrected chi connectivity index (χ0v) is 16.7. The van der Waals surface area contributed by atoms with Gasteiger partial charge in [0.2, 0.25) is 0 Å². The van der Waals surface area contributed by atoms with E-state index in [0.29, 0.717) is 0 Å². The van der Waals surface area contributed by atoms with Gasteiger partial charge < -0.3 is 5.11 Å². The Morgan fingerprint density at radius 2 is 1.73 bits per heavy atom. The first-order chi connectivity index (χ1) is 14.7. The molecule has 4 heteroatoms. The number of rotatable bonds is 6. The van der Waals surface area contributed by atoms with Crippen LogP contribution in [0.5, 0.6) is 0 Å². The van der Waals surface area contributed by atoms with Gasteiger partial charge in [-0.15, -0.1) is 0 Å². The first-order valence-electron chi connectivity index (χ1n) is 9.90. The van der Waals surface area contributed by atoms with E-state index in [-0.39, 0.29) is 0 Å². The predicted octanol–water partition coefficient (Wildman–Crippen LogP) is 6.03. The standard InChI is InChI=1S/C26H22N2O2/c1-2-21(19-7-4-3-5-8-19)26(22-9-6-10-24-23(22)17-27-28-24)20-14-11-18(12-15-20)13-16-25(29)30/h3-17H,2H2,1H3,(H,27,28)(H,29,30). The lowest BCUT2D eigenvalue weighted by molar-refractivity contribution is -0.131. The largest absolute Gasteiger partial charge is 0.478 e. The van der Waals surface area contributed by atoms with Crippen LogP contribution in [0.4, 0.5) is 0 Å². The van der Waals surface area contributed by atoms with Crippen LogP contribution in [-0.2, 0) is 4.79 Å². The van der Waals surface area contributed by atoms with Gasteiger partial charge in [-0.2, -0.15) is 5.10 Å². The maximum absolute atomic E-state index is 10.8. The summed E-state index contributed by atoms with van der Waals surface area (Å²) < 4.78 is 0. The van der Waals surface area contributed by atoms with Crippen molar-refractivity contribution in [3.63, 3.8) is 0 Å². The monoisotopic (exact) mass is 394 g/mol. The summed E-state index contributed by atoms with van der Waals surface area (Å²) in [6, 6.07) is 24.6. The van der Waals surface area contributed by atoms with Crippen molar-refractivity contribution < 1.29 is 9.90 Å². The Hall–Kier alpha value is -3.92. The van der Waals surface area contributed by atoms with Crippen molar-refractivity contribution >= 4 is 34.1 Å². The van der Waals surface area contributed by atoms with Crippen molar-refractivity contribution in [2.75, 3.05) is 0 Å². The van der Waals surface area contributed by atoms with E-state index >= 15 is 0 Å². The maximum Gasteiger partial charge on any atom is 0.328 e. The van der Waals surface area contributed by atoms with Gasteiger partial charge in [0, 0.05) is 11.5 Å². The molecule has 1 heterocycles. The second-order valence-electron chi connectivity index (χ2n) is 7.00. The molecule has 148 valence electrons. The number of aromatic nitrogens is 2.